The summed E-state index contributed by atoms with van der Waals surface area (Å²) in [5, 5.41) is 3.87. The van der Waals surface area contributed by atoms with E-state index in [0.717, 1.165) is 41.5 Å². The van der Waals surface area contributed by atoms with Crippen LogP contribution in [0.5, 0.6) is 5.75 Å². The van der Waals surface area contributed by atoms with Crippen LogP contribution in [0.25, 0.3) is 10.6 Å². The SMILES string of the molecule is COc1ccc(-c2nc(C)c(C(=O)NCCCN(C)Cc3ccccc3)s2)cc1. The van der Waals surface area contributed by atoms with Crippen molar-refractivity contribution in [3.05, 3.63) is 70.7 Å². The molecule has 1 amide bonds. The molecule has 0 spiro atoms. The summed E-state index contributed by atoms with van der Waals surface area (Å²) in [6.45, 7) is 4.36. The number of carbonyl (C=O) groups excluding carboxylic acids is 1. The van der Waals surface area contributed by atoms with Crippen LogP contribution in [0, 0.1) is 6.92 Å². The van der Waals surface area contributed by atoms with E-state index in [1.807, 2.05) is 37.3 Å². The number of rotatable bonds is 9. The van der Waals surface area contributed by atoms with E-state index < -0.39 is 0 Å². The molecule has 3 aromatic rings. The Morgan fingerprint density at radius 2 is 1.86 bits per heavy atom. The summed E-state index contributed by atoms with van der Waals surface area (Å²) in [4.78, 5) is 20.1. The van der Waals surface area contributed by atoms with Gasteiger partial charge in [-0.25, -0.2) is 4.98 Å². The van der Waals surface area contributed by atoms with Crippen molar-refractivity contribution >= 4 is 17.2 Å². The van der Waals surface area contributed by atoms with Crippen molar-refractivity contribution in [3.63, 3.8) is 0 Å². The second-order valence-electron chi connectivity index (χ2n) is 6.99. The van der Waals surface area contributed by atoms with Crippen molar-refractivity contribution in [1.29, 1.82) is 0 Å². The fraction of sp³-hybridized carbons (Fsp3) is 0.304. The lowest BCUT2D eigenvalue weighted by Crippen LogP contribution is -2.28. The number of thiazole rings is 1. The van der Waals surface area contributed by atoms with E-state index in [2.05, 4.69) is 46.5 Å². The van der Waals surface area contributed by atoms with Crippen molar-refractivity contribution in [3.8, 4) is 16.3 Å². The summed E-state index contributed by atoms with van der Waals surface area (Å²) in [6.07, 6.45) is 0.901. The molecule has 0 saturated heterocycles. The maximum atomic E-state index is 12.6. The standard InChI is InChI=1S/C23H27N3O2S/c1-17-21(29-23(25-17)19-10-12-20(28-3)13-11-19)22(27)24-14-7-15-26(2)16-18-8-5-4-6-9-18/h4-6,8-13H,7,14-16H2,1-3H3,(H,24,27). The van der Waals surface area contributed by atoms with E-state index in [1.165, 1.54) is 16.9 Å². The predicted molar refractivity (Wildman–Crippen MR) is 119 cm³/mol. The van der Waals surface area contributed by atoms with E-state index >= 15 is 0 Å². The first kappa shape index (κ1) is 21.0. The molecule has 0 aliphatic heterocycles. The molecule has 152 valence electrons. The number of methoxy groups -OCH3 is 1. The van der Waals surface area contributed by atoms with Gasteiger partial charge in [-0.1, -0.05) is 30.3 Å². The first-order valence-corrected chi connectivity index (χ1v) is 10.5. The molecule has 0 saturated carbocycles. The molecule has 0 aliphatic rings. The van der Waals surface area contributed by atoms with Gasteiger partial charge in [-0.2, -0.15) is 0 Å². The van der Waals surface area contributed by atoms with E-state index in [0.29, 0.717) is 11.4 Å². The molecule has 1 N–H and O–H groups in total. The lowest BCUT2D eigenvalue weighted by atomic mass is 10.2. The van der Waals surface area contributed by atoms with E-state index in [9.17, 15) is 4.79 Å². The zero-order valence-electron chi connectivity index (χ0n) is 17.1. The summed E-state index contributed by atoms with van der Waals surface area (Å²) in [5.74, 6) is 0.753. The average Bonchev–Trinajstić information content (AvgIpc) is 3.13. The van der Waals surface area contributed by atoms with Crippen LogP contribution in [0.2, 0.25) is 0 Å². The maximum Gasteiger partial charge on any atom is 0.263 e. The molecule has 2 aromatic carbocycles. The second kappa shape index (κ2) is 10.2. The molecule has 0 bridgehead atoms. The quantitative estimate of drug-likeness (QED) is 0.533. The molecular weight excluding hydrogens is 382 g/mol. The van der Waals surface area contributed by atoms with Gasteiger partial charge in [0.15, 0.2) is 0 Å². The van der Waals surface area contributed by atoms with Crippen LogP contribution in [-0.4, -0.2) is 43.0 Å². The largest absolute Gasteiger partial charge is 0.497 e. The Hall–Kier alpha value is -2.70. The van der Waals surface area contributed by atoms with Gasteiger partial charge in [-0.05, 0) is 56.8 Å². The lowest BCUT2D eigenvalue weighted by Gasteiger charge is -2.16. The van der Waals surface area contributed by atoms with Crippen LogP contribution in [0.1, 0.15) is 27.3 Å². The van der Waals surface area contributed by atoms with Crippen molar-refractivity contribution in [2.45, 2.75) is 19.9 Å². The number of nitrogens with one attached hydrogen (secondary N) is 1. The van der Waals surface area contributed by atoms with Crippen LogP contribution >= 0.6 is 11.3 Å². The van der Waals surface area contributed by atoms with Gasteiger partial charge >= 0.3 is 0 Å². The Balaban J connectivity index is 1.48. The number of carbonyl (C=O) groups is 1. The van der Waals surface area contributed by atoms with Crippen LogP contribution in [-0.2, 0) is 6.54 Å². The molecular formula is C23H27N3O2S. The molecule has 6 heteroatoms. The number of ether oxygens (including phenoxy) is 1. The average molecular weight is 410 g/mol. The van der Waals surface area contributed by atoms with Crippen molar-refractivity contribution in [2.75, 3.05) is 27.2 Å². The third-order valence-electron chi connectivity index (χ3n) is 4.64. The Bertz CT molecular complexity index is 923. The summed E-state index contributed by atoms with van der Waals surface area (Å²) in [7, 11) is 3.74. The highest BCUT2D eigenvalue weighted by Gasteiger charge is 2.16. The Labute approximate surface area is 176 Å². The number of benzene rings is 2. The molecule has 1 heterocycles. The highest BCUT2D eigenvalue weighted by atomic mass is 32.1. The number of aryl methyl sites for hydroxylation is 1. The molecule has 0 atom stereocenters. The number of hydrogen-bond donors (Lipinski definition) is 1. The fourth-order valence-electron chi connectivity index (χ4n) is 3.07. The monoisotopic (exact) mass is 409 g/mol. The highest BCUT2D eigenvalue weighted by Crippen LogP contribution is 2.29. The first-order chi connectivity index (χ1) is 14.1. The second-order valence-corrected chi connectivity index (χ2v) is 7.99. The predicted octanol–water partition coefficient (Wildman–Crippen LogP) is 4.38. The van der Waals surface area contributed by atoms with Crippen LogP contribution in [0.3, 0.4) is 0 Å². The van der Waals surface area contributed by atoms with Gasteiger partial charge in [-0.15, -0.1) is 11.3 Å². The third kappa shape index (κ3) is 5.89. The smallest absolute Gasteiger partial charge is 0.263 e. The Morgan fingerprint density at radius 3 is 2.55 bits per heavy atom. The molecule has 0 unspecified atom stereocenters. The van der Waals surface area contributed by atoms with Gasteiger partial charge in [0.25, 0.3) is 5.91 Å². The molecule has 0 aliphatic carbocycles. The third-order valence-corrected chi connectivity index (χ3v) is 5.84. The van der Waals surface area contributed by atoms with Gasteiger partial charge in [0.1, 0.15) is 15.6 Å². The zero-order chi connectivity index (χ0) is 20.6. The topological polar surface area (TPSA) is 54.5 Å². The summed E-state index contributed by atoms with van der Waals surface area (Å²) >= 11 is 1.43. The summed E-state index contributed by atoms with van der Waals surface area (Å²) in [5.41, 5.74) is 3.05. The highest BCUT2D eigenvalue weighted by molar-refractivity contribution is 7.17. The lowest BCUT2D eigenvalue weighted by molar-refractivity contribution is 0.0955. The van der Waals surface area contributed by atoms with E-state index in [1.54, 1.807) is 7.11 Å². The van der Waals surface area contributed by atoms with E-state index in [4.69, 9.17) is 4.74 Å². The minimum Gasteiger partial charge on any atom is -0.497 e. The molecule has 5 nitrogen and oxygen atoms in total. The minimum atomic E-state index is -0.0505. The maximum absolute atomic E-state index is 12.6. The van der Waals surface area contributed by atoms with Crippen LogP contribution in [0.15, 0.2) is 54.6 Å². The number of amides is 1. The minimum absolute atomic E-state index is 0.0505. The summed E-state index contributed by atoms with van der Waals surface area (Å²) in [6, 6.07) is 18.1. The molecule has 29 heavy (non-hydrogen) atoms. The number of hydrogen-bond acceptors (Lipinski definition) is 5. The normalized spacial score (nSPS) is 10.9. The van der Waals surface area contributed by atoms with Gasteiger partial charge in [0.2, 0.25) is 0 Å². The summed E-state index contributed by atoms with van der Waals surface area (Å²) < 4.78 is 5.19. The fourth-order valence-corrected chi connectivity index (χ4v) is 4.06. The Morgan fingerprint density at radius 1 is 1.14 bits per heavy atom. The number of aromatic nitrogens is 1. The zero-order valence-corrected chi connectivity index (χ0v) is 18.0. The molecule has 1 aromatic heterocycles. The van der Waals surface area contributed by atoms with Gasteiger partial charge in [-0.3, -0.25) is 4.79 Å². The molecule has 3 rings (SSSR count). The Kier molecular flexibility index (Phi) is 7.38. The number of nitrogens with zero attached hydrogens (tertiary/aromatic N) is 2. The van der Waals surface area contributed by atoms with Gasteiger partial charge in [0.05, 0.1) is 12.8 Å². The van der Waals surface area contributed by atoms with Crippen LogP contribution < -0.4 is 10.1 Å². The van der Waals surface area contributed by atoms with Crippen molar-refractivity contribution < 1.29 is 9.53 Å². The van der Waals surface area contributed by atoms with Crippen LogP contribution in [0.4, 0.5) is 0 Å². The first-order valence-electron chi connectivity index (χ1n) is 9.69. The van der Waals surface area contributed by atoms with Gasteiger partial charge in [0, 0.05) is 18.7 Å². The van der Waals surface area contributed by atoms with Crippen molar-refractivity contribution in [2.24, 2.45) is 0 Å². The van der Waals surface area contributed by atoms with Gasteiger partial charge < -0.3 is 15.0 Å². The van der Waals surface area contributed by atoms with E-state index in [-0.39, 0.29) is 5.91 Å². The molecule has 0 radical (unpaired) electrons. The van der Waals surface area contributed by atoms with Crippen molar-refractivity contribution in [1.82, 2.24) is 15.2 Å². The molecule has 0 fully saturated rings.